The highest BCUT2D eigenvalue weighted by atomic mass is 16.2. The van der Waals surface area contributed by atoms with Crippen molar-refractivity contribution >= 4 is 29.4 Å². The highest BCUT2D eigenvalue weighted by Gasteiger charge is 2.11. The van der Waals surface area contributed by atoms with Crippen LogP contribution in [-0.4, -0.2) is 40.9 Å². The summed E-state index contributed by atoms with van der Waals surface area (Å²) in [5.41, 5.74) is 15.9. The van der Waals surface area contributed by atoms with Crippen LogP contribution in [0.1, 0.15) is 21.6 Å². The monoisotopic (exact) mass is 419 g/mol. The SMILES string of the molecule is Cc1nc(N)nc(N)c1-c1ccc(CNC(=O)Nc2cccc(C(=O)N(C)C)c2)cc1. The molecule has 3 rings (SSSR count). The first-order chi connectivity index (χ1) is 14.7. The number of nitrogen functional groups attached to an aromatic ring is 2. The van der Waals surface area contributed by atoms with Crippen molar-refractivity contribution in [1.82, 2.24) is 20.2 Å². The maximum atomic E-state index is 12.2. The van der Waals surface area contributed by atoms with Gasteiger partial charge >= 0.3 is 6.03 Å². The van der Waals surface area contributed by atoms with Crippen LogP contribution in [0, 0.1) is 6.92 Å². The van der Waals surface area contributed by atoms with Gasteiger partial charge in [-0.15, -0.1) is 0 Å². The van der Waals surface area contributed by atoms with Crippen molar-refractivity contribution in [1.29, 1.82) is 0 Å². The lowest BCUT2D eigenvalue weighted by molar-refractivity contribution is 0.0827. The number of aryl methyl sites for hydroxylation is 1. The predicted octanol–water partition coefficient (Wildman–Crippen LogP) is 2.64. The summed E-state index contributed by atoms with van der Waals surface area (Å²) in [4.78, 5) is 34.0. The molecule has 0 radical (unpaired) electrons. The van der Waals surface area contributed by atoms with E-state index in [1.54, 1.807) is 38.4 Å². The van der Waals surface area contributed by atoms with E-state index in [0.29, 0.717) is 29.3 Å². The zero-order valence-electron chi connectivity index (χ0n) is 17.6. The lowest BCUT2D eigenvalue weighted by Gasteiger charge is -2.12. The first-order valence-electron chi connectivity index (χ1n) is 9.60. The largest absolute Gasteiger partial charge is 0.383 e. The molecule has 0 unspecified atom stereocenters. The summed E-state index contributed by atoms with van der Waals surface area (Å²) >= 11 is 0. The van der Waals surface area contributed by atoms with Gasteiger partial charge in [0, 0.05) is 37.5 Å². The van der Waals surface area contributed by atoms with Gasteiger partial charge < -0.3 is 27.0 Å². The number of benzene rings is 2. The van der Waals surface area contributed by atoms with E-state index in [-0.39, 0.29) is 17.9 Å². The maximum Gasteiger partial charge on any atom is 0.319 e. The molecular formula is C22H25N7O2. The molecule has 0 spiro atoms. The highest BCUT2D eigenvalue weighted by molar-refractivity contribution is 5.96. The number of carbonyl (C=O) groups excluding carboxylic acids is 2. The Kier molecular flexibility index (Phi) is 6.35. The van der Waals surface area contributed by atoms with Gasteiger partial charge in [-0.3, -0.25) is 4.79 Å². The molecular weight excluding hydrogens is 394 g/mol. The van der Waals surface area contributed by atoms with Crippen LogP contribution in [-0.2, 0) is 6.54 Å². The normalized spacial score (nSPS) is 10.4. The molecule has 31 heavy (non-hydrogen) atoms. The average molecular weight is 419 g/mol. The van der Waals surface area contributed by atoms with Gasteiger partial charge in [-0.2, -0.15) is 4.98 Å². The van der Waals surface area contributed by atoms with E-state index in [4.69, 9.17) is 11.5 Å². The molecule has 0 aliphatic heterocycles. The fourth-order valence-corrected chi connectivity index (χ4v) is 3.11. The van der Waals surface area contributed by atoms with Gasteiger partial charge in [-0.05, 0) is 36.2 Å². The van der Waals surface area contributed by atoms with Gasteiger partial charge in [0.2, 0.25) is 5.95 Å². The van der Waals surface area contributed by atoms with Crippen molar-refractivity contribution in [2.45, 2.75) is 13.5 Å². The number of anilines is 3. The molecule has 0 aliphatic carbocycles. The Morgan fingerprint density at radius 1 is 1.03 bits per heavy atom. The quantitative estimate of drug-likeness (QED) is 0.501. The number of carbonyl (C=O) groups is 2. The maximum absolute atomic E-state index is 12.2. The number of hydrogen-bond donors (Lipinski definition) is 4. The van der Waals surface area contributed by atoms with E-state index in [2.05, 4.69) is 20.6 Å². The average Bonchev–Trinajstić information content (AvgIpc) is 2.72. The van der Waals surface area contributed by atoms with Crippen LogP contribution in [0.5, 0.6) is 0 Å². The van der Waals surface area contributed by atoms with Crippen LogP contribution in [0.15, 0.2) is 48.5 Å². The molecule has 9 nitrogen and oxygen atoms in total. The summed E-state index contributed by atoms with van der Waals surface area (Å²) in [7, 11) is 3.35. The molecule has 0 aliphatic rings. The fraction of sp³-hybridized carbons (Fsp3) is 0.182. The summed E-state index contributed by atoms with van der Waals surface area (Å²) < 4.78 is 0. The van der Waals surface area contributed by atoms with Crippen molar-refractivity contribution in [3.63, 3.8) is 0 Å². The van der Waals surface area contributed by atoms with Crippen molar-refractivity contribution in [3.05, 3.63) is 65.4 Å². The zero-order valence-corrected chi connectivity index (χ0v) is 17.6. The van der Waals surface area contributed by atoms with Crippen molar-refractivity contribution in [2.24, 2.45) is 0 Å². The molecule has 0 saturated heterocycles. The van der Waals surface area contributed by atoms with Crippen LogP contribution in [0.25, 0.3) is 11.1 Å². The summed E-state index contributed by atoms with van der Waals surface area (Å²) in [5.74, 6) is 0.332. The third-order valence-electron chi connectivity index (χ3n) is 4.60. The van der Waals surface area contributed by atoms with E-state index in [1.165, 1.54) is 4.90 Å². The van der Waals surface area contributed by atoms with Gasteiger partial charge in [-0.25, -0.2) is 9.78 Å². The van der Waals surface area contributed by atoms with E-state index in [9.17, 15) is 9.59 Å². The first-order valence-corrected chi connectivity index (χ1v) is 9.60. The lowest BCUT2D eigenvalue weighted by Crippen LogP contribution is -2.28. The number of rotatable bonds is 5. The van der Waals surface area contributed by atoms with E-state index >= 15 is 0 Å². The molecule has 9 heteroatoms. The molecule has 2 aromatic carbocycles. The van der Waals surface area contributed by atoms with Gasteiger partial charge in [0.05, 0.1) is 5.69 Å². The Balaban J connectivity index is 1.62. The second kappa shape index (κ2) is 9.12. The van der Waals surface area contributed by atoms with E-state index in [0.717, 1.165) is 16.7 Å². The molecule has 6 N–H and O–H groups in total. The van der Waals surface area contributed by atoms with Gasteiger partial charge in [0.25, 0.3) is 5.91 Å². The van der Waals surface area contributed by atoms with Crippen molar-refractivity contribution < 1.29 is 9.59 Å². The number of urea groups is 1. The molecule has 0 saturated carbocycles. The smallest absolute Gasteiger partial charge is 0.319 e. The zero-order chi connectivity index (χ0) is 22.5. The topological polar surface area (TPSA) is 139 Å². The molecule has 0 bridgehead atoms. The molecule has 1 aromatic heterocycles. The second-order valence-electron chi connectivity index (χ2n) is 7.21. The lowest BCUT2D eigenvalue weighted by atomic mass is 10.0. The van der Waals surface area contributed by atoms with E-state index < -0.39 is 0 Å². The standard InChI is InChI=1S/C22H25N7O2/c1-13-18(19(23)28-21(24)26-13)15-9-7-14(8-10-15)12-25-22(31)27-17-6-4-5-16(11-17)20(30)29(2)3/h4-11H,12H2,1-3H3,(H2,25,27,31)(H4,23,24,26,28). The highest BCUT2D eigenvalue weighted by Crippen LogP contribution is 2.27. The molecule has 160 valence electrons. The Morgan fingerprint density at radius 2 is 1.74 bits per heavy atom. The summed E-state index contributed by atoms with van der Waals surface area (Å²) in [6, 6.07) is 14.0. The summed E-state index contributed by atoms with van der Waals surface area (Å²) in [5, 5.41) is 5.54. The summed E-state index contributed by atoms with van der Waals surface area (Å²) in [6.07, 6.45) is 0. The Hall–Kier alpha value is -4.14. The number of nitrogens with two attached hydrogens (primary N) is 2. The number of aromatic nitrogens is 2. The number of nitrogens with one attached hydrogen (secondary N) is 2. The van der Waals surface area contributed by atoms with Gasteiger partial charge in [0.15, 0.2) is 0 Å². The molecule has 3 amide bonds. The minimum atomic E-state index is -0.370. The van der Waals surface area contributed by atoms with Gasteiger partial charge in [0.1, 0.15) is 5.82 Å². The number of nitrogens with zero attached hydrogens (tertiary/aromatic N) is 3. The molecule has 3 aromatic rings. The molecule has 0 fully saturated rings. The second-order valence-corrected chi connectivity index (χ2v) is 7.21. The molecule has 0 atom stereocenters. The number of amides is 3. The van der Waals surface area contributed by atoms with Crippen LogP contribution in [0.4, 0.5) is 22.2 Å². The van der Waals surface area contributed by atoms with Crippen molar-refractivity contribution in [3.8, 4) is 11.1 Å². The fourth-order valence-electron chi connectivity index (χ4n) is 3.11. The third kappa shape index (κ3) is 5.27. The Morgan fingerprint density at radius 3 is 2.39 bits per heavy atom. The minimum Gasteiger partial charge on any atom is -0.383 e. The van der Waals surface area contributed by atoms with Crippen LogP contribution < -0.4 is 22.1 Å². The van der Waals surface area contributed by atoms with E-state index in [1.807, 2.05) is 31.2 Å². The van der Waals surface area contributed by atoms with Gasteiger partial charge in [-0.1, -0.05) is 30.3 Å². The third-order valence-corrected chi connectivity index (χ3v) is 4.60. The Labute approximate surface area is 180 Å². The Bertz CT molecular complexity index is 1090. The summed E-state index contributed by atoms with van der Waals surface area (Å²) in [6.45, 7) is 2.15. The molecule has 1 heterocycles. The minimum absolute atomic E-state index is 0.133. The van der Waals surface area contributed by atoms with Crippen molar-refractivity contribution in [2.75, 3.05) is 30.9 Å². The van der Waals surface area contributed by atoms with Crippen LogP contribution in [0.2, 0.25) is 0 Å². The van der Waals surface area contributed by atoms with Crippen LogP contribution >= 0.6 is 0 Å². The van der Waals surface area contributed by atoms with Crippen LogP contribution in [0.3, 0.4) is 0 Å². The number of hydrogen-bond acceptors (Lipinski definition) is 6. The first kappa shape index (κ1) is 21.6. The predicted molar refractivity (Wildman–Crippen MR) is 121 cm³/mol.